The Kier molecular flexibility index (Phi) is 3.44. The molecule has 0 amide bonds. The van der Waals surface area contributed by atoms with Crippen LogP contribution in [0.5, 0.6) is 0 Å². The molecule has 4 nitrogen and oxygen atoms in total. The first-order valence-electron chi connectivity index (χ1n) is 5.20. The topological polar surface area (TPSA) is 55.0 Å². The lowest BCUT2D eigenvalue weighted by Crippen LogP contribution is -2.18. The molecule has 2 rings (SSSR count). The van der Waals surface area contributed by atoms with E-state index in [1.54, 1.807) is 6.07 Å². The summed E-state index contributed by atoms with van der Waals surface area (Å²) in [5, 5.41) is 8.58. The summed E-state index contributed by atoms with van der Waals surface area (Å²) in [4.78, 5) is 1.97. The van der Waals surface area contributed by atoms with Crippen LogP contribution in [0, 0.1) is 0 Å². The largest absolute Gasteiger partial charge is 0.382 e. The predicted octanol–water partition coefficient (Wildman–Crippen LogP) is 2.35. The summed E-state index contributed by atoms with van der Waals surface area (Å²) >= 11 is 6.10. The number of nitrogen functional groups attached to an aromatic ring is 1. The van der Waals surface area contributed by atoms with E-state index < -0.39 is 0 Å². The molecule has 0 spiro atoms. The maximum Gasteiger partial charge on any atom is 0.151 e. The van der Waals surface area contributed by atoms with Crippen LogP contribution in [0.25, 0.3) is 0 Å². The van der Waals surface area contributed by atoms with Crippen LogP contribution >= 0.6 is 11.6 Å². The summed E-state index contributed by atoms with van der Waals surface area (Å²) in [6.07, 6.45) is 0. The molecule has 88 valence electrons. The molecule has 1 aromatic carbocycles. The SMILES string of the molecule is CN(Cc1ccccc1Cl)c1ccc(N)nn1. The lowest BCUT2D eigenvalue weighted by Gasteiger charge is -2.18. The monoisotopic (exact) mass is 248 g/mol. The van der Waals surface area contributed by atoms with Crippen molar-refractivity contribution in [2.24, 2.45) is 0 Å². The van der Waals surface area contributed by atoms with E-state index in [1.165, 1.54) is 0 Å². The first kappa shape index (κ1) is 11.7. The lowest BCUT2D eigenvalue weighted by molar-refractivity contribution is 0.869. The smallest absolute Gasteiger partial charge is 0.151 e. The average molecular weight is 249 g/mol. The Bertz CT molecular complexity index is 498. The van der Waals surface area contributed by atoms with Gasteiger partial charge in [0.2, 0.25) is 0 Å². The molecule has 0 unspecified atom stereocenters. The molecule has 2 aromatic rings. The van der Waals surface area contributed by atoms with Crippen LogP contribution in [0.15, 0.2) is 36.4 Å². The molecule has 0 saturated heterocycles. The summed E-state index contributed by atoms with van der Waals surface area (Å²) in [5.41, 5.74) is 6.54. The maximum absolute atomic E-state index is 6.10. The Hall–Kier alpha value is -1.81. The van der Waals surface area contributed by atoms with Gasteiger partial charge in [0.05, 0.1) is 0 Å². The first-order chi connectivity index (χ1) is 8.16. The minimum absolute atomic E-state index is 0.417. The van der Waals surface area contributed by atoms with E-state index in [2.05, 4.69) is 10.2 Å². The van der Waals surface area contributed by atoms with Gasteiger partial charge in [-0.05, 0) is 23.8 Å². The van der Waals surface area contributed by atoms with Gasteiger partial charge in [-0.25, -0.2) is 0 Å². The van der Waals surface area contributed by atoms with E-state index in [0.29, 0.717) is 12.4 Å². The second kappa shape index (κ2) is 5.01. The van der Waals surface area contributed by atoms with E-state index >= 15 is 0 Å². The van der Waals surface area contributed by atoms with Crippen LogP contribution in [-0.2, 0) is 6.54 Å². The fraction of sp³-hybridized carbons (Fsp3) is 0.167. The molecule has 0 saturated carbocycles. The first-order valence-corrected chi connectivity index (χ1v) is 5.58. The third-order valence-corrected chi connectivity index (χ3v) is 2.80. The Morgan fingerprint density at radius 1 is 1.18 bits per heavy atom. The minimum Gasteiger partial charge on any atom is -0.382 e. The minimum atomic E-state index is 0.417. The number of hydrogen-bond donors (Lipinski definition) is 1. The molecule has 5 heteroatoms. The Balaban J connectivity index is 2.14. The van der Waals surface area contributed by atoms with Crippen LogP contribution in [-0.4, -0.2) is 17.2 Å². The van der Waals surface area contributed by atoms with Crippen LogP contribution < -0.4 is 10.6 Å². The normalized spacial score (nSPS) is 10.2. The number of halogens is 1. The quantitative estimate of drug-likeness (QED) is 0.906. The zero-order valence-electron chi connectivity index (χ0n) is 9.47. The van der Waals surface area contributed by atoms with Crippen LogP contribution in [0.1, 0.15) is 5.56 Å². The fourth-order valence-corrected chi connectivity index (χ4v) is 1.70. The van der Waals surface area contributed by atoms with Gasteiger partial charge >= 0.3 is 0 Å². The molecule has 0 aliphatic carbocycles. The van der Waals surface area contributed by atoms with Crippen molar-refractivity contribution >= 4 is 23.2 Å². The van der Waals surface area contributed by atoms with E-state index in [-0.39, 0.29) is 0 Å². The molecule has 0 bridgehead atoms. The molecule has 0 aliphatic rings. The average Bonchev–Trinajstić information content (AvgIpc) is 2.33. The zero-order chi connectivity index (χ0) is 12.3. The zero-order valence-corrected chi connectivity index (χ0v) is 10.2. The predicted molar refractivity (Wildman–Crippen MR) is 70.0 cm³/mol. The fourth-order valence-electron chi connectivity index (χ4n) is 1.50. The van der Waals surface area contributed by atoms with Gasteiger partial charge in [-0.3, -0.25) is 0 Å². The van der Waals surface area contributed by atoms with Crippen LogP contribution in [0.2, 0.25) is 5.02 Å². The highest BCUT2D eigenvalue weighted by molar-refractivity contribution is 6.31. The molecular weight excluding hydrogens is 236 g/mol. The van der Waals surface area contributed by atoms with Gasteiger partial charge in [0, 0.05) is 18.6 Å². The second-order valence-electron chi connectivity index (χ2n) is 3.76. The van der Waals surface area contributed by atoms with Crippen molar-refractivity contribution in [2.45, 2.75) is 6.54 Å². The summed E-state index contributed by atoms with van der Waals surface area (Å²) in [6.45, 7) is 0.679. The van der Waals surface area contributed by atoms with Gasteiger partial charge in [-0.2, -0.15) is 0 Å². The molecule has 0 radical (unpaired) electrons. The molecule has 1 aromatic heterocycles. The standard InChI is InChI=1S/C12H13ClN4/c1-17(12-7-6-11(14)15-16-12)8-9-4-2-3-5-10(9)13/h2-7H,8H2,1H3,(H2,14,15). The Morgan fingerprint density at radius 2 is 1.94 bits per heavy atom. The summed E-state index contributed by atoms with van der Waals surface area (Å²) < 4.78 is 0. The molecule has 1 heterocycles. The Morgan fingerprint density at radius 3 is 2.59 bits per heavy atom. The van der Waals surface area contributed by atoms with Gasteiger partial charge in [0.1, 0.15) is 5.82 Å². The van der Waals surface area contributed by atoms with E-state index in [9.17, 15) is 0 Å². The van der Waals surface area contributed by atoms with Crippen molar-refractivity contribution in [2.75, 3.05) is 17.7 Å². The molecule has 2 N–H and O–H groups in total. The number of benzene rings is 1. The van der Waals surface area contributed by atoms with Crippen molar-refractivity contribution in [3.8, 4) is 0 Å². The molecular formula is C12H13ClN4. The van der Waals surface area contributed by atoms with Gasteiger partial charge in [0.15, 0.2) is 5.82 Å². The van der Waals surface area contributed by atoms with Crippen LogP contribution in [0.3, 0.4) is 0 Å². The molecule has 17 heavy (non-hydrogen) atoms. The molecule has 0 fully saturated rings. The van der Waals surface area contributed by atoms with Gasteiger partial charge < -0.3 is 10.6 Å². The molecule has 0 aliphatic heterocycles. The second-order valence-corrected chi connectivity index (χ2v) is 4.17. The number of anilines is 2. The Labute approximate surface area is 105 Å². The highest BCUT2D eigenvalue weighted by Crippen LogP contribution is 2.19. The van der Waals surface area contributed by atoms with Gasteiger partial charge in [-0.15, -0.1) is 10.2 Å². The number of rotatable bonds is 3. The van der Waals surface area contributed by atoms with E-state index in [1.807, 2.05) is 42.3 Å². The third-order valence-electron chi connectivity index (χ3n) is 2.43. The van der Waals surface area contributed by atoms with E-state index in [4.69, 9.17) is 17.3 Å². The number of nitrogens with two attached hydrogens (primary N) is 1. The lowest BCUT2D eigenvalue weighted by atomic mass is 10.2. The molecule has 0 atom stereocenters. The highest BCUT2D eigenvalue weighted by atomic mass is 35.5. The van der Waals surface area contributed by atoms with E-state index in [0.717, 1.165) is 16.4 Å². The number of aromatic nitrogens is 2. The summed E-state index contributed by atoms with van der Waals surface area (Å²) in [5.74, 6) is 1.18. The van der Waals surface area contributed by atoms with Crippen molar-refractivity contribution in [3.05, 3.63) is 47.0 Å². The number of hydrogen-bond acceptors (Lipinski definition) is 4. The number of nitrogens with zero attached hydrogens (tertiary/aromatic N) is 3. The van der Waals surface area contributed by atoms with Crippen molar-refractivity contribution in [1.82, 2.24) is 10.2 Å². The summed E-state index contributed by atoms with van der Waals surface area (Å²) in [7, 11) is 1.93. The maximum atomic E-state index is 6.10. The highest BCUT2D eigenvalue weighted by Gasteiger charge is 2.06. The van der Waals surface area contributed by atoms with Gasteiger partial charge in [-0.1, -0.05) is 29.8 Å². The van der Waals surface area contributed by atoms with Crippen molar-refractivity contribution in [3.63, 3.8) is 0 Å². The van der Waals surface area contributed by atoms with Crippen LogP contribution in [0.4, 0.5) is 11.6 Å². The third kappa shape index (κ3) is 2.85. The van der Waals surface area contributed by atoms with Crippen molar-refractivity contribution in [1.29, 1.82) is 0 Å². The van der Waals surface area contributed by atoms with Gasteiger partial charge in [0.25, 0.3) is 0 Å². The summed E-state index contributed by atoms with van der Waals surface area (Å²) in [6, 6.07) is 11.3. The van der Waals surface area contributed by atoms with Crippen molar-refractivity contribution < 1.29 is 0 Å².